The first-order chi connectivity index (χ1) is 9.90. The molecule has 0 aliphatic heterocycles. The predicted octanol–water partition coefficient (Wildman–Crippen LogP) is 1.59. The Morgan fingerprint density at radius 3 is 2.38 bits per heavy atom. The SMILES string of the molecule is CC(C)C(CC(=O)NCCCc1ccc(O)cc1)C(N)=O. The minimum Gasteiger partial charge on any atom is -0.508 e. The summed E-state index contributed by atoms with van der Waals surface area (Å²) in [5.74, 6) is -0.673. The van der Waals surface area contributed by atoms with Gasteiger partial charge in [0.15, 0.2) is 0 Å². The molecule has 0 bridgehead atoms. The molecule has 116 valence electrons. The number of phenolic OH excluding ortho intramolecular Hbond substituents is 1. The fourth-order valence-corrected chi connectivity index (χ4v) is 2.12. The van der Waals surface area contributed by atoms with Gasteiger partial charge in [-0.1, -0.05) is 26.0 Å². The van der Waals surface area contributed by atoms with Crippen molar-refractivity contribution in [1.29, 1.82) is 0 Å². The third-order valence-electron chi connectivity index (χ3n) is 3.48. The normalized spacial score (nSPS) is 12.1. The van der Waals surface area contributed by atoms with E-state index in [2.05, 4.69) is 5.32 Å². The topological polar surface area (TPSA) is 92.4 Å². The van der Waals surface area contributed by atoms with Gasteiger partial charge < -0.3 is 16.2 Å². The Morgan fingerprint density at radius 1 is 1.24 bits per heavy atom. The van der Waals surface area contributed by atoms with Crippen molar-refractivity contribution in [2.45, 2.75) is 33.1 Å². The molecule has 0 saturated carbocycles. The number of phenols is 1. The maximum absolute atomic E-state index is 11.8. The number of carbonyl (C=O) groups excluding carboxylic acids is 2. The molecule has 0 fully saturated rings. The molecule has 0 aliphatic rings. The predicted molar refractivity (Wildman–Crippen MR) is 81.6 cm³/mol. The Hall–Kier alpha value is -2.04. The summed E-state index contributed by atoms with van der Waals surface area (Å²) < 4.78 is 0. The Kier molecular flexibility index (Phi) is 6.72. The van der Waals surface area contributed by atoms with Gasteiger partial charge in [-0.3, -0.25) is 9.59 Å². The molecule has 5 nitrogen and oxygen atoms in total. The van der Waals surface area contributed by atoms with Crippen molar-refractivity contribution in [1.82, 2.24) is 5.32 Å². The number of primary amides is 1. The molecule has 4 N–H and O–H groups in total. The molecule has 1 rings (SSSR count). The highest BCUT2D eigenvalue weighted by atomic mass is 16.3. The molecule has 1 aromatic rings. The van der Waals surface area contributed by atoms with Gasteiger partial charge >= 0.3 is 0 Å². The highest BCUT2D eigenvalue weighted by molar-refractivity contribution is 5.84. The number of aromatic hydroxyl groups is 1. The molecule has 1 atom stereocenters. The zero-order valence-electron chi connectivity index (χ0n) is 12.6. The van der Waals surface area contributed by atoms with Crippen LogP contribution in [0.2, 0.25) is 0 Å². The molecule has 1 aromatic carbocycles. The van der Waals surface area contributed by atoms with Gasteiger partial charge in [0, 0.05) is 18.9 Å². The number of benzene rings is 1. The first-order valence-corrected chi connectivity index (χ1v) is 7.24. The zero-order chi connectivity index (χ0) is 15.8. The second kappa shape index (κ2) is 8.29. The molecule has 0 saturated heterocycles. The van der Waals surface area contributed by atoms with Crippen LogP contribution < -0.4 is 11.1 Å². The minimum absolute atomic E-state index is 0.0604. The first kappa shape index (κ1) is 17.0. The van der Waals surface area contributed by atoms with Crippen LogP contribution in [0.1, 0.15) is 32.3 Å². The van der Waals surface area contributed by atoms with Gasteiger partial charge in [0.1, 0.15) is 5.75 Å². The first-order valence-electron chi connectivity index (χ1n) is 7.24. The van der Waals surface area contributed by atoms with Gasteiger partial charge in [-0.2, -0.15) is 0 Å². The highest BCUT2D eigenvalue weighted by Crippen LogP contribution is 2.14. The van der Waals surface area contributed by atoms with Crippen molar-refractivity contribution in [3.63, 3.8) is 0 Å². The summed E-state index contributed by atoms with van der Waals surface area (Å²) in [5, 5.41) is 12.0. The van der Waals surface area contributed by atoms with Crippen LogP contribution in [0.4, 0.5) is 0 Å². The van der Waals surface area contributed by atoms with E-state index in [0.717, 1.165) is 18.4 Å². The zero-order valence-corrected chi connectivity index (χ0v) is 12.6. The van der Waals surface area contributed by atoms with Crippen LogP contribution in [0.25, 0.3) is 0 Å². The van der Waals surface area contributed by atoms with Crippen molar-refractivity contribution in [3.8, 4) is 5.75 Å². The number of hydrogen-bond acceptors (Lipinski definition) is 3. The molecule has 21 heavy (non-hydrogen) atoms. The van der Waals surface area contributed by atoms with Crippen molar-refractivity contribution < 1.29 is 14.7 Å². The van der Waals surface area contributed by atoms with Gasteiger partial charge in [0.05, 0.1) is 0 Å². The van der Waals surface area contributed by atoms with Crippen molar-refractivity contribution in [2.24, 2.45) is 17.6 Å². The Bertz CT molecular complexity index is 469. The molecule has 0 spiro atoms. The van der Waals surface area contributed by atoms with Crippen LogP contribution in [-0.4, -0.2) is 23.5 Å². The second-order valence-corrected chi connectivity index (χ2v) is 5.58. The Labute approximate surface area is 125 Å². The van der Waals surface area contributed by atoms with Gasteiger partial charge in [0.25, 0.3) is 0 Å². The van der Waals surface area contributed by atoms with Crippen molar-refractivity contribution in [2.75, 3.05) is 6.54 Å². The van der Waals surface area contributed by atoms with E-state index in [1.807, 2.05) is 26.0 Å². The summed E-state index contributed by atoms with van der Waals surface area (Å²) in [6, 6.07) is 7.01. The quantitative estimate of drug-likeness (QED) is 0.635. The van der Waals surface area contributed by atoms with Crippen molar-refractivity contribution in [3.05, 3.63) is 29.8 Å². The van der Waals surface area contributed by atoms with Crippen molar-refractivity contribution >= 4 is 11.8 Å². The number of hydrogen-bond donors (Lipinski definition) is 3. The maximum atomic E-state index is 11.8. The summed E-state index contributed by atoms with van der Waals surface area (Å²) in [5.41, 5.74) is 6.40. The fourth-order valence-electron chi connectivity index (χ4n) is 2.12. The summed E-state index contributed by atoms with van der Waals surface area (Å²) >= 11 is 0. The average molecular weight is 292 g/mol. The van der Waals surface area contributed by atoms with E-state index < -0.39 is 11.8 Å². The number of amides is 2. The van der Waals surface area contributed by atoms with Gasteiger partial charge in [-0.05, 0) is 36.5 Å². The maximum Gasteiger partial charge on any atom is 0.221 e. The molecular formula is C16H24N2O3. The van der Waals surface area contributed by atoms with E-state index in [9.17, 15) is 14.7 Å². The van der Waals surface area contributed by atoms with Gasteiger partial charge in [0.2, 0.25) is 11.8 Å². The van der Waals surface area contributed by atoms with Crippen LogP contribution in [0.15, 0.2) is 24.3 Å². The van der Waals surface area contributed by atoms with E-state index in [-0.39, 0.29) is 24.0 Å². The summed E-state index contributed by atoms with van der Waals surface area (Å²) in [6.45, 7) is 4.32. The molecule has 5 heteroatoms. The van der Waals surface area contributed by atoms with E-state index in [1.54, 1.807) is 12.1 Å². The largest absolute Gasteiger partial charge is 0.508 e. The summed E-state index contributed by atoms with van der Waals surface area (Å²) in [6.07, 6.45) is 1.77. The third kappa shape index (κ3) is 6.29. The summed E-state index contributed by atoms with van der Waals surface area (Å²) in [7, 11) is 0. The Morgan fingerprint density at radius 2 is 1.86 bits per heavy atom. The molecule has 0 aliphatic carbocycles. The number of carbonyl (C=O) groups is 2. The standard InChI is InChI=1S/C16H24N2O3/c1-11(2)14(16(17)21)10-15(20)18-9-3-4-12-5-7-13(19)8-6-12/h5-8,11,14,19H,3-4,9-10H2,1-2H3,(H2,17,21)(H,18,20). The number of nitrogens with two attached hydrogens (primary N) is 1. The van der Waals surface area contributed by atoms with E-state index in [0.29, 0.717) is 6.54 Å². The number of nitrogens with one attached hydrogen (secondary N) is 1. The van der Waals surface area contributed by atoms with Crippen LogP contribution >= 0.6 is 0 Å². The second-order valence-electron chi connectivity index (χ2n) is 5.58. The van der Waals surface area contributed by atoms with E-state index >= 15 is 0 Å². The smallest absolute Gasteiger partial charge is 0.221 e. The fraction of sp³-hybridized carbons (Fsp3) is 0.500. The third-order valence-corrected chi connectivity index (χ3v) is 3.48. The van der Waals surface area contributed by atoms with Crippen LogP contribution in [-0.2, 0) is 16.0 Å². The lowest BCUT2D eigenvalue weighted by Gasteiger charge is -2.16. The van der Waals surface area contributed by atoms with E-state index in [1.165, 1.54) is 0 Å². The van der Waals surface area contributed by atoms with E-state index in [4.69, 9.17) is 5.73 Å². The van der Waals surface area contributed by atoms with Crippen LogP contribution in [0, 0.1) is 11.8 Å². The van der Waals surface area contributed by atoms with Gasteiger partial charge in [-0.25, -0.2) is 0 Å². The molecule has 0 heterocycles. The minimum atomic E-state index is -0.427. The lowest BCUT2D eigenvalue weighted by Crippen LogP contribution is -2.34. The monoisotopic (exact) mass is 292 g/mol. The van der Waals surface area contributed by atoms with Crippen LogP contribution in [0.3, 0.4) is 0 Å². The average Bonchev–Trinajstić information content (AvgIpc) is 2.42. The molecule has 0 radical (unpaired) electrons. The molecular weight excluding hydrogens is 268 g/mol. The lowest BCUT2D eigenvalue weighted by atomic mass is 9.91. The molecule has 2 amide bonds. The van der Waals surface area contributed by atoms with Crippen LogP contribution in [0.5, 0.6) is 5.75 Å². The lowest BCUT2D eigenvalue weighted by molar-refractivity contribution is -0.129. The Balaban J connectivity index is 2.27. The molecule has 1 unspecified atom stereocenters. The highest BCUT2D eigenvalue weighted by Gasteiger charge is 2.22. The number of rotatable bonds is 8. The summed E-state index contributed by atoms with van der Waals surface area (Å²) in [4.78, 5) is 23.0. The number of aryl methyl sites for hydroxylation is 1. The van der Waals surface area contributed by atoms with Gasteiger partial charge in [-0.15, -0.1) is 0 Å². The molecule has 0 aromatic heterocycles.